The Bertz CT molecular complexity index is 260. The standard InChI is InChI=1S/C8H11NO/c1-5(2)8-6(3)10-7(4)9-8/h1H2,2-4H3. The van der Waals surface area contributed by atoms with E-state index in [1.165, 1.54) is 0 Å². The molecule has 0 N–H and O–H groups in total. The lowest BCUT2D eigenvalue weighted by molar-refractivity contribution is 0.494. The zero-order chi connectivity index (χ0) is 7.72. The highest BCUT2D eigenvalue weighted by molar-refractivity contribution is 5.58. The molecule has 0 amide bonds. The zero-order valence-corrected chi connectivity index (χ0v) is 6.56. The second-order valence-electron chi connectivity index (χ2n) is 2.42. The van der Waals surface area contributed by atoms with Gasteiger partial charge in [0, 0.05) is 6.92 Å². The Balaban J connectivity index is 3.15. The van der Waals surface area contributed by atoms with E-state index in [2.05, 4.69) is 11.6 Å². The van der Waals surface area contributed by atoms with Gasteiger partial charge in [-0.25, -0.2) is 4.98 Å². The fourth-order valence-electron chi connectivity index (χ4n) is 0.925. The van der Waals surface area contributed by atoms with E-state index in [4.69, 9.17) is 4.42 Å². The van der Waals surface area contributed by atoms with Crippen LogP contribution in [0.2, 0.25) is 0 Å². The fourth-order valence-corrected chi connectivity index (χ4v) is 0.925. The molecule has 0 aliphatic rings. The maximum absolute atomic E-state index is 5.20. The van der Waals surface area contributed by atoms with E-state index in [0.29, 0.717) is 5.89 Å². The Labute approximate surface area is 60.6 Å². The highest BCUT2D eigenvalue weighted by Gasteiger charge is 2.05. The number of oxazole rings is 1. The molecular weight excluding hydrogens is 126 g/mol. The summed E-state index contributed by atoms with van der Waals surface area (Å²) in [5.74, 6) is 1.56. The monoisotopic (exact) mass is 137 g/mol. The topological polar surface area (TPSA) is 26.0 Å². The molecule has 0 aliphatic heterocycles. The molecule has 1 rings (SSSR count). The Morgan fingerprint density at radius 1 is 1.50 bits per heavy atom. The van der Waals surface area contributed by atoms with Crippen LogP contribution in [0.5, 0.6) is 0 Å². The van der Waals surface area contributed by atoms with Crippen LogP contribution in [0, 0.1) is 13.8 Å². The summed E-state index contributed by atoms with van der Waals surface area (Å²) in [6.45, 7) is 9.42. The minimum Gasteiger partial charge on any atom is -0.446 e. The molecule has 1 aromatic rings. The summed E-state index contributed by atoms with van der Waals surface area (Å²) in [7, 11) is 0. The van der Waals surface area contributed by atoms with Gasteiger partial charge in [-0.15, -0.1) is 0 Å². The average Bonchev–Trinajstić information content (AvgIpc) is 2.10. The Morgan fingerprint density at radius 2 is 2.10 bits per heavy atom. The van der Waals surface area contributed by atoms with Crippen molar-refractivity contribution in [2.45, 2.75) is 20.8 Å². The van der Waals surface area contributed by atoms with Crippen LogP contribution >= 0.6 is 0 Å². The highest BCUT2D eigenvalue weighted by atomic mass is 16.4. The Morgan fingerprint density at radius 3 is 2.30 bits per heavy atom. The third-order valence-corrected chi connectivity index (χ3v) is 1.31. The minimum atomic E-state index is 0.704. The number of allylic oxidation sites excluding steroid dienone is 1. The molecule has 10 heavy (non-hydrogen) atoms. The quantitative estimate of drug-likeness (QED) is 0.593. The van der Waals surface area contributed by atoms with Gasteiger partial charge in [-0.3, -0.25) is 0 Å². The van der Waals surface area contributed by atoms with Crippen LogP contribution in [-0.2, 0) is 0 Å². The van der Waals surface area contributed by atoms with Crippen molar-refractivity contribution in [1.82, 2.24) is 4.98 Å². The lowest BCUT2D eigenvalue weighted by atomic mass is 10.2. The van der Waals surface area contributed by atoms with Gasteiger partial charge in [-0.2, -0.15) is 0 Å². The molecule has 1 heterocycles. The zero-order valence-electron chi connectivity index (χ0n) is 6.56. The largest absolute Gasteiger partial charge is 0.446 e. The predicted octanol–water partition coefficient (Wildman–Crippen LogP) is 2.32. The highest BCUT2D eigenvalue weighted by Crippen LogP contribution is 2.15. The van der Waals surface area contributed by atoms with Crippen molar-refractivity contribution in [3.63, 3.8) is 0 Å². The van der Waals surface area contributed by atoms with Gasteiger partial charge in [0.15, 0.2) is 5.89 Å². The van der Waals surface area contributed by atoms with E-state index in [1.54, 1.807) is 0 Å². The van der Waals surface area contributed by atoms with Gasteiger partial charge in [-0.1, -0.05) is 6.58 Å². The van der Waals surface area contributed by atoms with E-state index in [-0.39, 0.29) is 0 Å². The van der Waals surface area contributed by atoms with Crippen LogP contribution in [0.4, 0.5) is 0 Å². The predicted molar refractivity (Wildman–Crippen MR) is 40.7 cm³/mol. The number of aryl methyl sites for hydroxylation is 2. The number of aromatic nitrogens is 1. The van der Waals surface area contributed by atoms with Gasteiger partial charge in [-0.05, 0) is 19.4 Å². The van der Waals surface area contributed by atoms with Gasteiger partial charge in [0.05, 0.1) is 0 Å². The summed E-state index contributed by atoms with van der Waals surface area (Å²) in [5, 5.41) is 0. The molecule has 1 aromatic heterocycles. The number of hydrogen-bond donors (Lipinski definition) is 0. The van der Waals surface area contributed by atoms with Gasteiger partial charge >= 0.3 is 0 Å². The van der Waals surface area contributed by atoms with Crippen molar-refractivity contribution < 1.29 is 4.42 Å². The fraction of sp³-hybridized carbons (Fsp3) is 0.375. The molecule has 2 nitrogen and oxygen atoms in total. The normalized spacial score (nSPS) is 9.90. The van der Waals surface area contributed by atoms with Gasteiger partial charge in [0.25, 0.3) is 0 Å². The molecule has 0 unspecified atom stereocenters. The average molecular weight is 137 g/mol. The van der Waals surface area contributed by atoms with Crippen LogP contribution in [0.3, 0.4) is 0 Å². The van der Waals surface area contributed by atoms with Crippen molar-refractivity contribution in [1.29, 1.82) is 0 Å². The molecule has 0 aromatic carbocycles. The summed E-state index contributed by atoms with van der Waals surface area (Å²) in [6, 6.07) is 0. The van der Waals surface area contributed by atoms with Crippen molar-refractivity contribution >= 4 is 5.57 Å². The smallest absolute Gasteiger partial charge is 0.191 e. The molecule has 0 spiro atoms. The second-order valence-corrected chi connectivity index (χ2v) is 2.42. The first-order chi connectivity index (χ1) is 4.61. The molecule has 0 aliphatic carbocycles. The first kappa shape index (κ1) is 7.06. The van der Waals surface area contributed by atoms with E-state index >= 15 is 0 Å². The number of rotatable bonds is 1. The van der Waals surface area contributed by atoms with Gasteiger partial charge < -0.3 is 4.42 Å². The van der Waals surface area contributed by atoms with Crippen molar-refractivity contribution in [3.8, 4) is 0 Å². The molecule has 54 valence electrons. The van der Waals surface area contributed by atoms with Crippen molar-refractivity contribution in [2.24, 2.45) is 0 Å². The Kier molecular flexibility index (Phi) is 1.62. The van der Waals surface area contributed by atoms with E-state index < -0.39 is 0 Å². The first-order valence-electron chi connectivity index (χ1n) is 3.21. The van der Waals surface area contributed by atoms with Crippen molar-refractivity contribution in [2.75, 3.05) is 0 Å². The molecular formula is C8H11NO. The molecule has 0 atom stereocenters. The van der Waals surface area contributed by atoms with Crippen LogP contribution in [-0.4, -0.2) is 4.98 Å². The first-order valence-corrected chi connectivity index (χ1v) is 3.21. The van der Waals surface area contributed by atoms with E-state index in [9.17, 15) is 0 Å². The summed E-state index contributed by atoms with van der Waals surface area (Å²) in [6.07, 6.45) is 0. The Hall–Kier alpha value is -1.05. The number of hydrogen-bond acceptors (Lipinski definition) is 2. The molecule has 2 heteroatoms. The summed E-state index contributed by atoms with van der Waals surface area (Å²) >= 11 is 0. The summed E-state index contributed by atoms with van der Waals surface area (Å²) in [5.41, 5.74) is 1.84. The van der Waals surface area contributed by atoms with Gasteiger partial charge in [0.2, 0.25) is 0 Å². The van der Waals surface area contributed by atoms with Crippen molar-refractivity contribution in [3.05, 3.63) is 23.9 Å². The summed E-state index contributed by atoms with van der Waals surface area (Å²) in [4.78, 5) is 4.14. The molecule has 0 saturated carbocycles. The molecule has 0 radical (unpaired) electrons. The molecule has 0 saturated heterocycles. The van der Waals surface area contributed by atoms with Crippen LogP contribution in [0.1, 0.15) is 24.3 Å². The molecule has 0 fully saturated rings. The lowest BCUT2D eigenvalue weighted by Crippen LogP contribution is -1.79. The minimum absolute atomic E-state index is 0.704. The third-order valence-electron chi connectivity index (χ3n) is 1.31. The second kappa shape index (κ2) is 2.29. The maximum Gasteiger partial charge on any atom is 0.191 e. The third kappa shape index (κ3) is 1.10. The van der Waals surface area contributed by atoms with E-state index in [1.807, 2.05) is 20.8 Å². The number of nitrogens with zero attached hydrogens (tertiary/aromatic N) is 1. The van der Waals surface area contributed by atoms with E-state index in [0.717, 1.165) is 17.0 Å². The van der Waals surface area contributed by atoms with Gasteiger partial charge in [0.1, 0.15) is 11.5 Å². The van der Waals surface area contributed by atoms with Crippen LogP contribution in [0.25, 0.3) is 5.57 Å². The lowest BCUT2D eigenvalue weighted by Gasteiger charge is -1.89. The van der Waals surface area contributed by atoms with Crippen LogP contribution < -0.4 is 0 Å². The SMILES string of the molecule is C=C(C)c1nc(C)oc1C. The maximum atomic E-state index is 5.20. The van der Waals surface area contributed by atoms with Crippen LogP contribution in [0.15, 0.2) is 11.0 Å². The molecule has 0 bridgehead atoms. The summed E-state index contributed by atoms with van der Waals surface area (Å²) < 4.78 is 5.20.